The molecule has 2 fully saturated rings. The van der Waals surface area contributed by atoms with Gasteiger partial charge in [-0.3, -0.25) is 0 Å². The van der Waals surface area contributed by atoms with E-state index in [9.17, 15) is 0 Å². The molecule has 0 atom stereocenters. The quantitative estimate of drug-likeness (QED) is 0.809. The van der Waals surface area contributed by atoms with Crippen LogP contribution in [-0.2, 0) is 15.3 Å². The lowest BCUT2D eigenvalue weighted by atomic mass is 9.71. The minimum atomic E-state index is -0.462. The Labute approximate surface area is 116 Å². The monoisotopic (exact) mass is 260 g/mol. The van der Waals surface area contributed by atoms with Gasteiger partial charge < -0.3 is 9.47 Å². The first kappa shape index (κ1) is 13.1. The lowest BCUT2D eigenvalue weighted by Crippen LogP contribution is -2.39. The highest BCUT2D eigenvalue weighted by molar-refractivity contribution is 5.29. The van der Waals surface area contributed by atoms with Crippen LogP contribution in [0.2, 0.25) is 0 Å². The van der Waals surface area contributed by atoms with E-state index in [-0.39, 0.29) is 5.41 Å². The highest BCUT2D eigenvalue weighted by atomic mass is 16.7. The first-order valence-electron chi connectivity index (χ1n) is 7.57. The van der Waals surface area contributed by atoms with Crippen LogP contribution in [0.15, 0.2) is 24.3 Å². The lowest BCUT2D eigenvalue weighted by Gasteiger charge is -2.38. The Bertz CT molecular complexity index is 425. The molecule has 0 saturated carbocycles. The molecule has 3 rings (SSSR count). The third kappa shape index (κ3) is 1.93. The highest BCUT2D eigenvalue weighted by Gasteiger charge is 2.61. The van der Waals surface area contributed by atoms with Crippen molar-refractivity contribution in [1.29, 1.82) is 0 Å². The summed E-state index contributed by atoms with van der Waals surface area (Å²) < 4.78 is 12.3. The Morgan fingerprint density at radius 3 is 2.26 bits per heavy atom. The number of hydrogen-bond donors (Lipinski definition) is 0. The Morgan fingerprint density at radius 1 is 1.05 bits per heavy atom. The van der Waals surface area contributed by atoms with Crippen molar-refractivity contribution in [1.82, 2.24) is 0 Å². The molecule has 0 N–H and O–H groups in total. The molecule has 2 aliphatic rings. The average molecular weight is 260 g/mol. The first-order chi connectivity index (χ1) is 9.22. The van der Waals surface area contributed by atoms with Crippen LogP contribution in [0.3, 0.4) is 0 Å². The van der Waals surface area contributed by atoms with Gasteiger partial charge in [0, 0.05) is 11.0 Å². The lowest BCUT2D eigenvalue weighted by molar-refractivity contribution is -0.229. The van der Waals surface area contributed by atoms with Gasteiger partial charge in [-0.25, -0.2) is 0 Å². The molecule has 0 radical (unpaired) electrons. The van der Waals surface area contributed by atoms with E-state index in [1.165, 1.54) is 30.4 Å². The van der Waals surface area contributed by atoms with Gasteiger partial charge in [0.25, 0.3) is 0 Å². The van der Waals surface area contributed by atoms with E-state index < -0.39 is 5.79 Å². The molecule has 104 valence electrons. The number of ether oxygens (including phenoxy) is 2. The fourth-order valence-electron chi connectivity index (χ4n) is 3.76. The number of aryl methyl sites for hydroxylation is 1. The molecule has 2 nitrogen and oxygen atoms in total. The van der Waals surface area contributed by atoms with E-state index in [2.05, 4.69) is 38.1 Å². The maximum Gasteiger partial charge on any atom is 0.200 e. The standard InChI is InChI=1S/C17H24O2/c1-3-4-9-16-10-12-18-17(16,19-13-11-16)15-7-5-14(2)6-8-15/h5-8H,3-4,9-13H2,1-2H3. The topological polar surface area (TPSA) is 18.5 Å². The second-order valence-electron chi connectivity index (χ2n) is 6.06. The molecular formula is C17H24O2. The van der Waals surface area contributed by atoms with E-state index in [0.717, 1.165) is 26.1 Å². The highest BCUT2D eigenvalue weighted by Crippen LogP contribution is 2.59. The molecule has 0 amide bonds. The molecule has 0 spiro atoms. The molecule has 1 aromatic carbocycles. The van der Waals surface area contributed by atoms with E-state index in [1.807, 2.05) is 0 Å². The predicted octanol–water partition coefficient (Wildman–Crippen LogP) is 4.17. The van der Waals surface area contributed by atoms with E-state index in [0.29, 0.717) is 0 Å². The van der Waals surface area contributed by atoms with Gasteiger partial charge in [-0.05, 0) is 26.2 Å². The van der Waals surface area contributed by atoms with E-state index in [1.54, 1.807) is 0 Å². The molecule has 0 aliphatic carbocycles. The Kier molecular flexibility index (Phi) is 3.40. The third-order valence-electron chi connectivity index (χ3n) is 4.91. The van der Waals surface area contributed by atoms with Gasteiger partial charge in [0.1, 0.15) is 0 Å². The number of rotatable bonds is 4. The molecule has 0 aromatic heterocycles. The summed E-state index contributed by atoms with van der Waals surface area (Å²) in [4.78, 5) is 0. The summed E-state index contributed by atoms with van der Waals surface area (Å²) in [5.41, 5.74) is 2.71. The van der Waals surface area contributed by atoms with E-state index >= 15 is 0 Å². The van der Waals surface area contributed by atoms with Crippen molar-refractivity contribution in [3.05, 3.63) is 35.4 Å². The van der Waals surface area contributed by atoms with Crippen LogP contribution in [0.25, 0.3) is 0 Å². The third-order valence-corrected chi connectivity index (χ3v) is 4.91. The zero-order chi connectivity index (χ0) is 13.3. The molecule has 2 heteroatoms. The number of benzene rings is 1. The zero-order valence-electron chi connectivity index (χ0n) is 12.1. The van der Waals surface area contributed by atoms with Crippen LogP contribution >= 0.6 is 0 Å². The molecular weight excluding hydrogens is 236 g/mol. The van der Waals surface area contributed by atoms with Gasteiger partial charge in [0.15, 0.2) is 0 Å². The number of fused-ring (bicyclic) bond motifs is 1. The van der Waals surface area contributed by atoms with Crippen molar-refractivity contribution in [3.63, 3.8) is 0 Å². The summed E-state index contributed by atoms with van der Waals surface area (Å²) in [5, 5.41) is 0. The van der Waals surface area contributed by atoms with Crippen LogP contribution in [0.1, 0.15) is 50.2 Å². The summed E-state index contributed by atoms with van der Waals surface area (Å²) in [7, 11) is 0. The van der Waals surface area contributed by atoms with Crippen molar-refractivity contribution in [2.75, 3.05) is 13.2 Å². The molecule has 2 saturated heterocycles. The fourth-order valence-corrected chi connectivity index (χ4v) is 3.76. The Morgan fingerprint density at radius 2 is 1.68 bits per heavy atom. The van der Waals surface area contributed by atoms with Gasteiger partial charge in [-0.15, -0.1) is 0 Å². The maximum absolute atomic E-state index is 6.17. The van der Waals surface area contributed by atoms with Crippen molar-refractivity contribution >= 4 is 0 Å². The molecule has 2 heterocycles. The summed E-state index contributed by atoms with van der Waals surface area (Å²) >= 11 is 0. The van der Waals surface area contributed by atoms with Gasteiger partial charge in [-0.1, -0.05) is 49.6 Å². The van der Waals surface area contributed by atoms with Crippen LogP contribution in [0.4, 0.5) is 0 Å². The number of hydrogen-bond acceptors (Lipinski definition) is 2. The second kappa shape index (κ2) is 4.92. The van der Waals surface area contributed by atoms with Crippen molar-refractivity contribution in [2.45, 2.75) is 51.7 Å². The Balaban J connectivity index is 1.97. The largest absolute Gasteiger partial charge is 0.345 e. The van der Waals surface area contributed by atoms with Crippen LogP contribution in [0, 0.1) is 12.3 Å². The van der Waals surface area contributed by atoms with E-state index in [4.69, 9.17) is 9.47 Å². The van der Waals surface area contributed by atoms with Crippen LogP contribution in [-0.4, -0.2) is 13.2 Å². The van der Waals surface area contributed by atoms with Crippen molar-refractivity contribution in [3.8, 4) is 0 Å². The smallest absolute Gasteiger partial charge is 0.200 e. The summed E-state index contributed by atoms with van der Waals surface area (Å²) in [6, 6.07) is 8.70. The van der Waals surface area contributed by atoms with Gasteiger partial charge in [0.05, 0.1) is 13.2 Å². The summed E-state index contributed by atoms with van der Waals surface area (Å²) in [6.45, 7) is 6.04. The maximum atomic E-state index is 6.17. The van der Waals surface area contributed by atoms with Crippen molar-refractivity contribution in [2.24, 2.45) is 5.41 Å². The van der Waals surface area contributed by atoms with Gasteiger partial charge in [-0.2, -0.15) is 0 Å². The molecule has 2 aliphatic heterocycles. The van der Waals surface area contributed by atoms with Crippen LogP contribution in [0.5, 0.6) is 0 Å². The first-order valence-corrected chi connectivity index (χ1v) is 7.57. The minimum absolute atomic E-state index is 0.207. The van der Waals surface area contributed by atoms with Crippen LogP contribution < -0.4 is 0 Å². The zero-order valence-corrected chi connectivity index (χ0v) is 12.1. The Hall–Kier alpha value is -0.860. The summed E-state index contributed by atoms with van der Waals surface area (Å²) in [6.07, 6.45) is 6.01. The minimum Gasteiger partial charge on any atom is -0.345 e. The number of unbranched alkanes of at least 4 members (excludes halogenated alkanes) is 1. The van der Waals surface area contributed by atoms with Gasteiger partial charge >= 0.3 is 0 Å². The van der Waals surface area contributed by atoms with Gasteiger partial charge in [0.2, 0.25) is 5.79 Å². The molecule has 0 bridgehead atoms. The van der Waals surface area contributed by atoms with Crippen molar-refractivity contribution < 1.29 is 9.47 Å². The molecule has 19 heavy (non-hydrogen) atoms. The predicted molar refractivity (Wildman–Crippen MR) is 76.0 cm³/mol. The molecule has 1 aromatic rings. The molecule has 0 unspecified atom stereocenters. The SMILES string of the molecule is CCCCC12CCOC1(c1ccc(C)cc1)OCC2. The normalized spacial score (nSPS) is 33.6. The average Bonchev–Trinajstić information content (AvgIpc) is 2.93. The second-order valence-corrected chi connectivity index (χ2v) is 6.06. The fraction of sp³-hybridized carbons (Fsp3) is 0.647. The summed E-state index contributed by atoms with van der Waals surface area (Å²) in [5.74, 6) is -0.462.